The van der Waals surface area contributed by atoms with Crippen LogP contribution < -0.4 is 5.32 Å². The van der Waals surface area contributed by atoms with Crippen LogP contribution in [0.1, 0.15) is 48.8 Å². The second kappa shape index (κ2) is 8.78. The molecule has 1 heterocycles. The molecule has 0 unspecified atom stereocenters. The van der Waals surface area contributed by atoms with Crippen molar-refractivity contribution in [2.45, 2.75) is 46.1 Å². The first-order valence-corrected chi connectivity index (χ1v) is 9.37. The summed E-state index contributed by atoms with van der Waals surface area (Å²) < 4.78 is 18.8. The molecule has 0 saturated carbocycles. The molecule has 0 spiro atoms. The molecule has 0 saturated heterocycles. The van der Waals surface area contributed by atoms with E-state index in [4.69, 9.17) is 4.52 Å². The monoisotopic (exact) mass is 381 g/mol. The van der Waals surface area contributed by atoms with Crippen LogP contribution in [0.4, 0.5) is 4.39 Å². The fraction of sp³-hybridized carbons (Fsp3) is 0.318. The van der Waals surface area contributed by atoms with Gasteiger partial charge >= 0.3 is 0 Å². The summed E-state index contributed by atoms with van der Waals surface area (Å²) in [6.07, 6.45) is 0.577. The molecule has 1 N–H and O–H groups in total. The zero-order valence-electron chi connectivity index (χ0n) is 16.3. The Labute approximate surface area is 164 Å². The third-order valence-corrected chi connectivity index (χ3v) is 4.60. The van der Waals surface area contributed by atoms with Crippen LogP contribution in [-0.4, -0.2) is 16.0 Å². The standard InChI is InChI=1S/C22H24FN3O2/c1-14(2)17-6-8-18(9-7-17)22-25-21(28-26-22)11-10-20(27)24-13-16-5-4-15(3)19(23)12-16/h4-9,12,14H,10-11,13H2,1-3H3,(H,24,27). The van der Waals surface area contributed by atoms with Gasteiger partial charge in [-0.25, -0.2) is 4.39 Å². The fourth-order valence-corrected chi connectivity index (χ4v) is 2.75. The van der Waals surface area contributed by atoms with E-state index in [0.29, 0.717) is 29.6 Å². The molecule has 0 radical (unpaired) electrons. The minimum Gasteiger partial charge on any atom is -0.352 e. The molecule has 28 heavy (non-hydrogen) atoms. The van der Waals surface area contributed by atoms with Crippen molar-refractivity contribution in [3.8, 4) is 11.4 Å². The molecular formula is C22H24FN3O2. The van der Waals surface area contributed by atoms with Crippen molar-refractivity contribution in [1.82, 2.24) is 15.5 Å². The Hall–Kier alpha value is -3.02. The Bertz CT molecular complexity index is 949. The summed E-state index contributed by atoms with van der Waals surface area (Å²) in [6, 6.07) is 13.0. The van der Waals surface area contributed by atoms with Crippen LogP contribution in [-0.2, 0) is 17.8 Å². The van der Waals surface area contributed by atoms with Crippen molar-refractivity contribution >= 4 is 5.91 Å². The predicted octanol–water partition coefficient (Wildman–Crippen LogP) is 4.56. The topological polar surface area (TPSA) is 68.0 Å². The number of hydrogen-bond acceptors (Lipinski definition) is 4. The van der Waals surface area contributed by atoms with Gasteiger partial charge < -0.3 is 9.84 Å². The SMILES string of the molecule is Cc1ccc(CNC(=O)CCc2nc(-c3ccc(C(C)C)cc3)no2)cc1F. The third-order valence-electron chi connectivity index (χ3n) is 4.60. The van der Waals surface area contributed by atoms with E-state index < -0.39 is 0 Å². The molecule has 1 amide bonds. The smallest absolute Gasteiger partial charge is 0.227 e. The number of aryl methyl sites for hydroxylation is 2. The molecule has 0 atom stereocenters. The zero-order valence-corrected chi connectivity index (χ0v) is 16.3. The quantitative estimate of drug-likeness (QED) is 0.652. The maximum atomic E-state index is 13.5. The lowest BCUT2D eigenvalue weighted by Gasteiger charge is -2.05. The van der Waals surface area contributed by atoms with Crippen molar-refractivity contribution < 1.29 is 13.7 Å². The van der Waals surface area contributed by atoms with Crippen LogP contribution in [0.2, 0.25) is 0 Å². The molecule has 0 aliphatic heterocycles. The Balaban J connectivity index is 1.50. The number of carbonyl (C=O) groups excluding carboxylic acids is 1. The van der Waals surface area contributed by atoms with Gasteiger partial charge in [0, 0.05) is 24.9 Å². The number of nitrogens with one attached hydrogen (secondary N) is 1. The summed E-state index contributed by atoms with van der Waals surface area (Å²) in [6.45, 7) is 6.27. The molecule has 5 nitrogen and oxygen atoms in total. The fourth-order valence-electron chi connectivity index (χ4n) is 2.75. The molecule has 6 heteroatoms. The molecule has 3 rings (SSSR count). The third kappa shape index (κ3) is 5.03. The van der Waals surface area contributed by atoms with Crippen molar-refractivity contribution in [1.29, 1.82) is 0 Å². The van der Waals surface area contributed by atoms with E-state index in [9.17, 15) is 9.18 Å². The summed E-state index contributed by atoms with van der Waals surface area (Å²) >= 11 is 0. The molecule has 146 valence electrons. The lowest BCUT2D eigenvalue weighted by Crippen LogP contribution is -2.23. The minimum atomic E-state index is -0.272. The summed E-state index contributed by atoms with van der Waals surface area (Å²) in [5.41, 5.74) is 3.44. The van der Waals surface area contributed by atoms with Crippen LogP contribution in [0.25, 0.3) is 11.4 Å². The molecule has 0 aliphatic carbocycles. The van der Waals surface area contributed by atoms with Gasteiger partial charge in [-0.1, -0.05) is 55.4 Å². The highest BCUT2D eigenvalue weighted by Crippen LogP contribution is 2.20. The van der Waals surface area contributed by atoms with Gasteiger partial charge in [-0.15, -0.1) is 0 Å². The van der Waals surface area contributed by atoms with Gasteiger partial charge in [0.05, 0.1) is 0 Å². The van der Waals surface area contributed by atoms with Crippen molar-refractivity contribution in [3.63, 3.8) is 0 Å². The summed E-state index contributed by atoms with van der Waals surface area (Å²) in [5.74, 6) is 0.971. The Morgan fingerprint density at radius 1 is 1.18 bits per heavy atom. The number of carbonyl (C=O) groups is 1. The maximum absolute atomic E-state index is 13.5. The molecule has 0 fully saturated rings. The number of aromatic nitrogens is 2. The van der Waals surface area contributed by atoms with Gasteiger partial charge in [0.1, 0.15) is 5.82 Å². The predicted molar refractivity (Wildman–Crippen MR) is 105 cm³/mol. The molecule has 1 aromatic heterocycles. The Morgan fingerprint density at radius 3 is 2.61 bits per heavy atom. The number of nitrogens with zero attached hydrogens (tertiary/aromatic N) is 2. The van der Waals surface area contributed by atoms with Crippen LogP contribution >= 0.6 is 0 Å². The summed E-state index contributed by atoms with van der Waals surface area (Å²) in [7, 11) is 0. The van der Waals surface area contributed by atoms with Gasteiger partial charge in [0.25, 0.3) is 0 Å². The highest BCUT2D eigenvalue weighted by atomic mass is 19.1. The highest BCUT2D eigenvalue weighted by Gasteiger charge is 2.11. The first-order valence-electron chi connectivity index (χ1n) is 9.37. The second-order valence-corrected chi connectivity index (χ2v) is 7.15. The normalized spacial score (nSPS) is 11.0. The van der Waals surface area contributed by atoms with Gasteiger partial charge in [-0.2, -0.15) is 4.98 Å². The first-order chi connectivity index (χ1) is 13.4. The summed E-state index contributed by atoms with van der Waals surface area (Å²) in [5, 5.41) is 6.77. The highest BCUT2D eigenvalue weighted by molar-refractivity contribution is 5.76. The number of benzene rings is 2. The van der Waals surface area contributed by atoms with Crippen LogP contribution in [0.15, 0.2) is 47.0 Å². The first kappa shape index (κ1) is 19.7. The zero-order chi connectivity index (χ0) is 20.1. The van der Waals surface area contributed by atoms with Gasteiger partial charge in [-0.05, 0) is 35.6 Å². The van der Waals surface area contributed by atoms with Crippen molar-refractivity contribution in [3.05, 3.63) is 70.9 Å². The van der Waals surface area contributed by atoms with Crippen LogP contribution in [0.5, 0.6) is 0 Å². The number of amides is 1. The largest absolute Gasteiger partial charge is 0.352 e. The average molecular weight is 381 g/mol. The Morgan fingerprint density at radius 2 is 1.93 bits per heavy atom. The molecule has 0 bridgehead atoms. The lowest BCUT2D eigenvalue weighted by atomic mass is 10.0. The van der Waals surface area contributed by atoms with E-state index in [1.807, 2.05) is 12.1 Å². The van der Waals surface area contributed by atoms with Crippen LogP contribution in [0, 0.1) is 12.7 Å². The number of rotatable bonds is 7. The molecule has 2 aromatic carbocycles. The van der Waals surface area contributed by atoms with E-state index in [2.05, 4.69) is 41.4 Å². The van der Waals surface area contributed by atoms with Gasteiger partial charge in [-0.3, -0.25) is 4.79 Å². The van der Waals surface area contributed by atoms with E-state index in [1.165, 1.54) is 11.6 Å². The van der Waals surface area contributed by atoms with Crippen molar-refractivity contribution in [2.24, 2.45) is 0 Å². The number of hydrogen-bond donors (Lipinski definition) is 1. The number of halogens is 1. The maximum Gasteiger partial charge on any atom is 0.227 e. The second-order valence-electron chi connectivity index (χ2n) is 7.15. The van der Waals surface area contributed by atoms with Gasteiger partial charge in [0.2, 0.25) is 17.6 Å². The van der Waals surface area contributed by atoms with E-state index in [-0.39, 0.29) is 24.7 Å². The van der Waals surface area contributed by atoms with Crippen LogP contribution in [0.3, 0.4) is 0 Å². The molecule has 0 aliphatic rings. The van der Waals surface area contributed by atoms with E-state index in [1.54, 1.807) is 19.1 Å². The van der Waals surface area contributed by atoms with E-state index in [0.717, 1.165) is 11.1 Å². The summed E-state index contributed by atoms with van der Waals surface area (Å²) in [4.78, 5) is 16.4. The minimum absolute atomic E-state index is 0.151. The average Bonchev–Trinajstić information content (AvgIpc) is 3.16. The van der Waals surface area contributed by atoms with E-state index >= 15 is 0 Å². The lowest BCUT2D eigenvalue weighted by molar-refractivity contribution is -0.121. The Kier molecular flexibility index (Phi) is 6.19. The van der Waals surface area contributed by atoms with Gasteiger partial charge in [0.15, 0.2) is 0 Å². The van der Waals surface area contributed by atoms with Crippen molar-refractivity contribution in [2.75, 3.05) is 0 Å². The molecular weight excluding hydrogens is 357 g/mol. The molecule has 3 aromatic rings.